The van der Waals surface area contributed by atoms with E-state index in [-0.39, 0.29) is 16.5 Å². The minimum atomic E-state index is -4.38. The fraction of sp³-hybridized carbons (Fsp3) is 0.133. The summed E-state index contributed by atoms with van der Waals surface area (Å²) in [5, 5.41) is 13.7. The molecule has 0 radical (unpaired) electrons. The Labute approximate surface area is 135 Å². The summed E-state index contributed by atoms with van der Waals surface area (Å²) in [4.78, 5) is 0. The number of hydrogen-bond acceptors (Lipinski definition) is 4. The fourth-order valence-electron chi connectivity index (χ4n) is 1.74. The molecule has 0 spiro atoms. The molecule has 2 N–H and O–H groups in total. The van der Waals surface area contributed by atoms with Gasteiger partial charge < -0.3 is 9.84 Å². The van der Waals surface area contributed by atoms with Crippen molar-refractivity contribution in [2.45, 2.75) is 6.18 Å². The average Bonchev–Trinajstić information content (AvgIpc) is 2.51. The highest BCUT2D eigenvalue weighted by Gasteiger charge is 2.29. The van der Waals surface area contributed by atoms with E-state index in [0.29, 0.717) is 11.3 Å². The van der Waals surface area contributed by atoms with Gasteiger partial charge in [0.1, 0.15) is 0 Å². The van der Waals surface area contributed by atoms with Crippen LogP contribution >= 0.6 is 11.6 Å². The molecule has 0 aromatic heterocycles. The van der Waals surface area contributed by atoms with Crippen molar-refractivity contribution in [3.8, 4) is 11.5 Å². The number of aromatic hydroxyl groups is 1. The topological polar surface area (TPSA) is 53.8 Å². The standard InChI is InChI=1S/C15H12ClF3N2O2/c1-23-12-7-2-9(13(16)14(12)22)8-20-21-11-5-3-10(4-6-11)15(17,18)19/h2-8,21-22H,1H3. The Morgan fingerprint density at radius 3 is 2.39 bits per heavy atom. The third kappa shape index (κ3) is 4.07. The first-order chi connectivity index (χ1) is 10.8. The van der Waals surface area contributed by atoms with E-state index in [1.807, 2.05) is 0 Å². The lowest BCUT2D eigenvalue weighted by molar-refractivity contribution is -0.137. The van der Waals surface area contributed by atoms with Crippen LogP contribution in [0.15, 0.2) is 41.5 Å². The summed E-state index contributed by atoms with van der Waals surface area (Å²) < 4.78 is 42.2. The fourth-order valence-corrected chi connectivity index (χ4v) is 1.94. The number of nitrogens with one attached hydrogen (secondary N) is 1. The largest absolute Gasteiger partial charge is 0.503 e. The van der Waals surface area contributed by atoms with Crippen molar-refractivity contribution in [3.05, 3.63) is 52.5 Å². The van der Waals surface area contributed by atoms with Gasteiger partial charge in [0.2, 0.25) is 0 Å². The number of alkyl halides is 3. The van der Waals surface area contributed by atoms with Gasteiger partial charge in [-0.05, 0) is 36.4 Å². The number of anilines is 1. The van der Waals surface area contributed by atoms with Gasteiger partial charge in [-0.2, -0.15) is 18.3 Å². The Bertz CT molecular complexity index is 716. The summed E-state index contributed by atoms with van der Waals surface area (Å²) in [6.45, 7) is 0. The molecule has 0 heterocycles. The second-order valence-electron chi connectivity index (χ2n) is 4.46. The van der Waals surface area contributed by atoms with Gasteiger partial charge in [0.15, 0.2) is 11.5 Å². The maximum absolute atomic E-state index is 12.4. The molecule has 0 fully saturated rings. The number of rotatable bonds is 4. The molecular formula is C15H12ClF3N2O2. The molecule has 0 unspecified atom stereocenters. The zero-order valence-electron chi connectivity index (χ0n) is 11.9. The molecule has 4 nitrogen and oxygen atoms in total. The summed E-state index contributed by atoms with van der Waals surface area (Å²) in [7, 11) is 1.39. The van der Waals surface area contributed by atoms with Gasteiger partial charge in [-0.1, -0.05) is 11.6 Å². The molecule has 0 saturated carbocycles. The van der Waals surface area contributed by atoms with Crippen molar-refractivity contribution in [2.75, 3.05) is 12.5 Å². The number of nitrogens with zero attached hydrogens (tertiary/aromatic N) is 1. The number of hydrazone groups is 1. The Morgan fingerprint density at radius 2 is 1.83 bits per heavy atom. The zero-order chi connectivity index (χ0) is 17.0. The van der Waals surface area contributed by atoms with E-state index in [1.54, 1.807) is 6.07 Å². The molecule has 2 aromatic carbocycles. The molecule has 122 valence electrons. The molecule has 0 amide bonds. The van der Waals surface area contributed by atoms with Crippen molar-refractivity contribution < 1.29 is 23.0 Å². The predicted octanol–water partition coefficient (Wildman–Crippen LogP) is 4.52. The van der Waals surface area contributed by atoms with Crippen LogP contribution < -0.4 is 10.2 Å². The first-order valence-corrected chi connectivity index (χ1v) is 6.72. The number of benzene rings is 2. The van der Waals surface area contributed by atoms with E-state index < -0.39 is 11.7 Å². The number of halogens is 4. The number of methoxy groups -OCH3 is 1. The monoisotopic (exact) mass is 344 g/mol. The van der Waals surface area contributed by atoms with Gasteiger partial charge in [-0.15, -0.1) is 0 Å². The van der Waals surface area contributed by atoms with Gasteiger partial charge in [-0.25, -0.2) is 0 Å². The van der Waals surface area contributed by atoms with Crippen LogP contribution in [0.1, 0.15) is 11.1 Å². The third-order valence-corrected chi connectivity index (χ3v) is 3.34. The quantitative estimate of drug-likeness (QED) is 0.633. The van der Waals surface area contributed by atoms with E-state index >= 15 is 0 Å². The molecule has 0 aliphatic rings. The lowest BCUT2D eigenvalue weighted by atomic mass is 10.2. The molecule has 0 atom stereocenters. The summed E-state index contributed by atoms with van der Waals surface area (Å²) in [5.74, 6) is 0.00972. The van der Waals surface area contributed by atoms with Crippen molar-refractivity contribution in [2.24, 2.45) is 5.10 Å². The highest BCUT2D eigenvalue weighted by atomic mass is 35.5. The zero-order valence-corrected chi connectivity index (χ0v) is 12.6. The highest BCUT2D eigenvalue weighted by Crippen LogP contribution is 2.35. The molecule has 23 heavy (non-hydrogen) atoms. The minimum Gasteiger partial charge on any atom is -0.503 e. The lowest BCUT2D eigenvalue weighted by Crippen LogP contribution is -2.04. The highest BCUT2D eigenvalue weighted by molar-refractivity contribution is 6.34. The van der Waals surface area contributed by atoms with Crippen LogP contribution in [-0.2, 0) is 6.18 Å². The van der Waals surface area contributed by atoms with Gasteiger partial charge >= 0.3 is 6.18 Å². The molecule has 0 aliphatic carbocycles. The Morgan fingerprint density at radius 1 is 1.17 bits per heavy atom. The van der Waals surface area contributed by atoms with E-state index in [9.17, 15) is 18.3 Å². The first-order valence-electron chi connectivity index (χ1n) is 6.34. The second-order valence-corrected chi connectivity index (χ2v) is 4.84. The molecule has 2 rings (SSSR count). The van der Waals surface area contributed by atoms with Gasteiger partial charge in [0.25, 0.3) is 0 Å². The lowest BCUT2D eigenvalue weighted by Gasteiger charge is -2.08. The maximum atomic E-state index is 12.4. The normalized spacial score (nSPS) is 11.7. The minimum absolute atomic E-state index is 0.0577. The van der Waals surface area contributed by atoms with Crippen LogP contribution in [0.4, 0.5) is 18.9 Å². The SMILES string of the molecule is COc1ccc(C=NNc2ccc(C(F)(F)F)cc2)c(Cl)c1O. The van der Waals surface area contributed by atoms with E-state index in [0.717, 1.165) is 12.1 Å². The van der Waals surface area contributed by atoms with Crippen molar-refractivity contribution in [1.29, 1.82) is 0 Å². The van der Waals surface area contributed by atoms with Gasteiger partial charge in [-0.3, -0.25) is 5.43 Å². The van der Waals surface area contributed by atoms with Gasteiger partial charge in [0, 0.05) is 5.56 Å². The van der Waals surface area contributed by atoms with Crippen LogP contribution in [0.25, 0.3) is 0 Å². The summed E-state index contributed by atoms with van der Waals surface area (Å²) >= 11 is 5.96. The molecule has 2 aromatic rings. The van der Waals surface area contributed by atoms with Crippen LogP contribution in [-0.4, -0.2) is 18.4 Å². The summed E-state index contributed by atoms with van der Waals surface area (Å²) in [5.41, 5.74) is 2.64. The smallest absolute Gasteiger partial charge is 0.416 e. The molecule has 0 aliphatic heterocycles. The Hall–Kier alpha value is -2.41. The molecule has 8 heteroatoms. The van der Waals surface area contributed by atoms with Crippen LogP contribution in [0.3, 0.4) is 0 Å². The van der Waals surface area contributed by atoms with E-state index in [2.05, 4.69) is 10.5 Å². The van der Waals surface area contributed by atoms with Crippen LogP contribution in [0, 0.1) is 0 Å². The number of hydrogen-bond donors (Lipinski definition) is 2. The van der Waals surface area contributed by atoms with Crippen LogP contribution in [0.5, 0.6) is 11.5 Å². The second kappa shape index (κ2) is 6.78. The summed E-state index contributed by atoms with van der Waals surface area (Å²) in [6, 6.07) is 7.51. The van der Waals surface area contributed by atoms with Crippen molar-refractivity contribution >= 4 is 23.5 Å². The number of ether oxygens (including phenoxy) is 1. The average molecular weight is 345 g/mol. The maximum Gasteiger partial charge on any atom is 0.416 e. The van der Waals surface area contributed by atoms with E-state index in [1.165, 1.54) is 31.5 Å². The number of phenolic OH excluding ortho intramolecular Hbond substituents is 1. The van der Waals surface area contributed by atoms with Crippen LogP contribution in [0.2, 0.25) is 5.02 Å². The molecule has 0 bridgehead atoms. The molecule has 0 saturated heterocycles. The van der Waals surface area contributed by atoms with Crippen molar-refractivity contribution in [1.82, 2.24) is 0 Å². The number of phenols is 1. The Kier molecular flexibility index (Phi) is 5.00. The van der Waals surface area contributed by atoms with Crippen molar-refractivity contribution in [3.63, 3.8) is 0 Å². The molecular weight excluding hydrogens is 333 g/mol. The summed E-state index contributed by atoms with van der Waals surface area (Å²) in [6.07, 6.45) is -3.05. The van der Waals surface area contributed by atoms with Gasteiger partial charge in [0.05, 0.1) is 29.6 Å². The predicted molar refractivity (Wildman–Crippen MR) is 82.3 cm³/mol. The third-order valence-electron chi connectivity index (χ3n) is 2.94. The first kappa shape index (κ1) is 17.0. The van der Waals surface area contributed by atoms with E-state index in [4.69, 9.17) is 16.3 Å². The Balaban J connectivity index is 2.09.